The summed E-state index contributed by atoms with van der Waals surface area (Å²) in [5, 5.41) is 0. The third-order valence-electron chi connectivity index (χ3n) is 2.41. The van der Waals surface area contributed by atoms with Crippen LogP contribution in [0.15, 0.2) is 18.3 Å². The van der Waals surface area contributed by atoms with Gasteiger partial charge in [0.05, 0.1) is 5.69 Å². The van der Waals surface area contributed by atoms with Crippen molar-refractivity contribution in [3.63, 3.8) is 0 Å². The molecule has 2 N–H and O–H groups in total. The Bertz CT molecular complexity index is 289. The quantitative estimate of drug-likeness (QED) is 0.729. The molecule has 3 nitrogen and oxygen atoms in total. The first-order valence-electron chi connectivity index (χ1n) is 5.50. The van der Waals surface area contributed by atoms with Crippen LogP contribution in [0.2, 0.25) is 0 Å². The minimum absolute atomic E-state index is 0.0339. The third kappa shape index (κ3) is 3.98. The van der Waals surface area contributed by atoms with Gasteiger partial charge in [0, 0.05) is 25.5 Å². The molecular weight excluding hydrogens is 188 g/mol. The van der Waals surface area contributed by atoms with Crippen molar-refractivity contribution in [2.45, 2.75) is 32.7 Å². The summed E-state index contributed by atoms with van der Waals surface area (Å²) < 4.78 is 5.27. The molecule has 1 aromatic heterocycles. The van der Waals surface area contributed by atoms with Gasteiger partial charge in [-0.3, -0.25) is 4.98 Å². The van der Waals surface area contributed by atoms with E-state index in [1.54, 1.807) is 6.20 Å². The van der Waals surface area contributed by atoms with Gasteiger partial charge in [0.2, 0.25) is 0 Å². The number of hydrogen-bond acceptors (Lipinski definition) is 3. The van der Waals surface area contributed by atoms with E-state index in [-0.39, 0.29) is 6.04 Å². The Morgan fingerprint density at radius 2 is 2.33 bits per heavy atom. The summed E-state index contributed by atoms with van der Waals surface area (Å²) in [5.41, 5.74) is 8.24. The average molecular weight is 208 g/mol. The Labute approximate surface area is 91.7 Å². The fourth-order valence-corrected chi connectivity index (χ4v) is 1.57. The van der Waals surface area contributed by atoms with Crippen LogP contribution >= 0.6 is 0 Å². The van der Waals surface area contributed by atoms with E-state index in [2.05, 4.69) is 4.98 Å². The van der Waals surface area contributed by atoms with Gasteiger partial charge in [0.15, 0.2) is 0 Å². The Kier molecular flexibility index (Phi) is 5.29. The van der Waals surface area contributed by atoms with Gasteiger partial charge in [-0.2, -0.15) is 0 Å². The lowest BCUT2D eigenvalue weighted by molar-refractivity contribution is 0.142. The molecule has 15 heavy (non-hydrogen) atoms. The van der Waals surface area contributed by atoms with Gasteiger partial charge in [0.1, 0.15) is 0 Å². The van der Waals surface area contributed by atoms with Crippen LogP contribution in [-0.4, -0.2) is 18.2 Å². The van der Waals surface area contributed by atoms with E-state index >= 15 is 0 Å². The van der Waals surface area contributed by atoms with Gasteiger partial charge in [-0.25, -0.2) is 0 Å². The summed E-state index contributed by atoms with van der Waals surface area (Å²) in [7, 11) is 0. The first kappa shape index (κ1) is 12.1. The topological polar surface area (TPSA) is 48.1 Å². The van der Waals surface area contributed by atoms with E-state index in [9.17, 15) is 0 Å². The molecule has 1 unspecified atom stereocenters. The van der Waals surface area contributed by atoms with Crippen LogP contribution in [0.4, 0.5) is 0 Å². The number of aryl methyl sites for hydroxylation is 1. The Balaban J connectivity index is 2.40. The van der Waals surface area contributed by atoms with Crippen LogP contribution < -0.4 is 5.73 Å². The lowest BCUT2D eigenvalue weighted by Crippen LogP contribution is -2.14. The smallest absolute Gasteiger partial charge is 0.0600 e. The molecule has 0 aliphatic rings. The number of pyridine rings is 1. The van der Waals surface area contributed by atoms with Gasteiger partial charge in [0.25, 0.3) is 0 Å². The van der Waals surface area contributed by atoms with Gasteiger partial charge in [-0.05, 0) is 38.3 Å². The molecule has 0 aromatic carbocycles. The molecule has 0 saturated carbocycles. The van der Waals surface area contributed by atoms with Gasteiger partial charge in [-0.1, -0.05) is 6.07 Å². The highest BCUT2D eigenvalue weighted by atomic mass is 16.5. The van der Waals surface area contributed by atoms with Crippen LogP contribution in [0.3, 0.4) is 0 Å². The van der Waals surface area contributed by atoms with E-state index in [0.717, 1.165) is 31.7 Å². The molecule has 0 amide bonds. The van der Waals surface area contributed by atoms with Crippen LogP contribution in [-0.2, 0) is 4.74 Å². The summed E-state index contributed by atoms with van der Waals surface area (Å²) in [6.45, 7) is 5.61. The second-order valence-corrected chi connectivity index (χ2v) is 3.65. The predicted octanol–water partition coefficient (Wildman–Crippen LogP) is 2.21. The van der Waals surface area contributed by atoms with Gasteiger partial charge < -0.3 is 10.5 Å². The number of nitrogens with two attached hydrogens (primary N) is 1. The van der Waals surface area contributed by atoms with Crippen molar-refractivity contribution >= 4 is 0 Å². The minimum Gasteiger partial charge on any atom is -0.382 e. The largest absolute Gasteiger partial charge is 0.382 e. The van der Waals surface area contributed by atoms with E-state index in [1.165, 1.54) is 5.56 Å². The standard InChI is InChI=1S/C12H20N2O/c1-3-15-9-5-7-11(13)12-10(2)6-4-8-14-12/h4,6,8,11H,3,5,7,9,13H2,1-2H3. The molecule has 0 aliphatic carbocycles. The highest BCUT2D eigenvalue weighted by Crippen LogP contribution is 2.16. The van der Waals surface area contributed by atoms with Crippen LogP contribution in [0.1, 0.15) is 37.1 Å². The number of ether oxygens (including phenoxy) is 1. The molecule has 0 saturated heterocycles. The zero-order valence-electron chi connectivity index (χ0n) is 9.57. The summed E-state index contributed by atoms with van der Waals surface area (Å²) in [4.78, 5) is 4.31. The molecule has 0 fully saturated rings. The molecule has 0 radical (unpaired) electrons. The van der Waals surface area contributed by atoms with Crippen molar-refractivity contribution in [3.05, 3.63) is 29.6 Å². The first-order chi connectivity index (χ1) is 7.25. The van der Waals surface area contributed by atoms with Crippen LogP contribution in [0, 0.1) is 6.92 Å². The molecule has 0 spiro atoms. The second-order valence-electron chi connectivity index (χ2n) is 3.65. The van der Waals surface area contributed by atoms with E-state index in [0.29, 0.717) is 0 Å². The molecule has 1 atom stereocenters. The van der Waals surface area contributed by atoms with Crippen LogP contribution in [0.5, 0.6) is 0 Å². The molecule has 84 valence electrons. The molecule has 1 rings (SSSR count). The lowest BCUT2D eigenvalue weighted by Gasteiger charge is -2.12. The number of rotatable bonds is 6. The zero-order chi connectivity index (χ0) is 11.1. The van der Waals surface area contributed by atoms with Crippen molar-refractivity contribution in [2.75, 3.05) is 13.2 Å². The minimum atomic E-state index is 0.0339. The van der Waals surface area contributed by atoms with Crippen molar-refractivity contribution in [1.82, 2.24) is 4.98 Å². The normalized spacial score (nSPS) is 12.7. The molecular formula is C12H20N2O. The first-order valence-corrected chi connectivity index (χ1v) is 5.50. The fourth-order valence-electron chi connectivity index (χ4n) is 1.57. The Morgan fingerprint density at radius 1 is 1.53 bits per heavy atom. The predicted molar refractivity (Wildman–Crippen MR) is 61.6 cm³/mol. The van der Waals surface area contributed by atoms with Gasteiger partial charge in [-0.15, -0.1) is 0 Å². The SMILES string of the molecule is CCOCCCC(N)c1ncccc1C. The molecule has 3 heteroatoms. The monoisotopic (exact) mass is 208 g/mol. The summed E-state index contributed by atoms with van der Waals surface area (Å²) in [6, 6.07) is 4.02. The highest BCUT2D eigenvalue weighted by Gasteiger charge is 2.09. The van der Waals surface area contributed by atoms with Crippen molar-refractivity contribution in [3.8, 4) is 0 Å². The highest BCUT2D eigenvalue weighted by molar-refractivity contribution is 5.20. The second kappa shape index (κ2) is 6.53. The molecule has 0 aliphatic heterocycles. The van der Waals surface area contributed by atoms with Crippen LogP contribution in [0.25, 0.3) is 0 Å². The van der Waals surface area contributed by atoms with Crippen molar-refractivity contribution in [1.29, 1.82) is 0 Å². The maximum atomic E-state index is 6.06. The van der Waals surface area contributed by atoms with E-state index in [1.807, 2.05) is 26.0 Å². The average Bonchev–Trinajstić information content (AvgIpc) is 2.25. The number of nitrogens with zero attached hydrogens (tertiary/aromatic N) is 1. The number of hydrogen-bond donors (Lipinski definition) is 1. The molecule has 1 aromatic rings. The van der Waals surface area contributed by atoms with Crippen molar-refractivity contribution < 1.29 is 4.74 Å². The summed E-state index contributed by atoms with van der Waals surface area (Å²) in [5.74, 6) is 0. The maximum absolute atomic E-state index is 6.06. The Hall–Kier alpha value is -0.930. The van der Waals surface area contributed by atoms with Crippen molar-refractivity contribution in [2.24, 2.45) is 5.73 Å². The number of aromatic nitrogens is 1. The molecule has 1 heterocycles. The van der Waals surface area contributed by atoms with E-state index < -0.39 is 0 Å². The third-order valence-corrected chi connectivity index (χ3v) is 2.41. The van der Waals surface area contributed by atoms with Gasteiger partial charge >= 0.3 is 0 Å². The summed E-state index contributed by atoms with van der Waals surface area (Å²) >= 11 is 0. The fraction of sp³-hybridized carbons (Fsp3) is 0.583. The lowest BCUT2D eigenvalue weighted by atomic mass is 10.0. The summed E-state index contributed by atoms with van der Waals surface area (Å²) in [6.07, 6.45) is 3.72. The zero-order valence-corrected chi connectivity index (χ0v) is 9.57. The molecule has 0 bridgehead atoms. The Morgan fingerprint density at radius 3 is 3.00 bits per heavy atom. The maximum Gasteiger partial charge on any atom is 0.0600 e. The van der Waals surface area contributed by atoms with E-state index in [4.69, 9.17) is 10.5 Å².